The van der Waals surface area contributed by atoms with Crippen molar-refractivity contribution in [1.29, 1.82) is 0 Å². The Bertz CT molecular complexity index is 757. The van der Waals surface area contributed by atoms with Gasteiger partial charge in [-0.25, -0.2) is 4.79 Å². The maximum absolute atomic E-state index is 12.2. The van der Waals surface area contributed by atoms with E-state index in [2.05, 4.69) is 5.32 Å². The van der Waals surface area contributed by atoms with E-state index in [1.165, 1.54) is 12.1 Å². The molecule has 0 radical (unpaired) electrons. The van der Waals surface area contributed by atoms with Crippen LogP contribution in [-0.4, -0.2) is 46.1 Å². The molecule has 0 saturated heterocycles. The Morgan fingerprint density at radius 2 is 2.04 bits per heavy atom. The lowest BCUT2D eigenvalue weighted by Gasteiger charge is -2.32. The van der Waals surface area contributed by atoms with Crippen molar-refractivity contribution in [2.75, 3.05) is 6.61 Å². The van der Waals surface area contributed by atoms with Crippen molar-refractivity contribution < 1.29 is 34.1 Å². The molecule has 0 aromatic heterocycles. The number of carboxylic acids is 1. The normalized spacial score (nSPS) is 17.3. The molecule has 3 N–H and O–H groups in total. The first-order chi connectivity index (χ1) is 12.5. The molecule has 148 valence electrons. The van der Waals surface area contributed by atoms with Crippen LogP contribution >= 0.6 is 0 Å². The van der Waals surface area contributed by atoms with Crippen LogP contribution in [0.3, 0.4) is 0 Å². The van der Waals surface area contributed by atoms with Gasteiger partial charge in [-0.05, 0) is 19.8 Å². The third kappa shape index (κ3) is 4.90. The highest BCUT2D eigenvalue weighted by Gasteiger charge is 2.35. The number of aliphatic carboxylic acids is 1. The van der Waals surface area contributed by atoms with Crippen molar-refractivity contribution >= 4 is 17.7 Å². The number of hydrogen-bond acceptors (Lipinski definition) is 6. The number of nitrogens with one attached hydrogen (secondary N) is 1. The van der Waals surface area contributed by atoms with Crippen LogP contribution in [0.5, 0.6) is 17.2 Å². The molecule has 0 fully saturated rings. The van der Waals surface area contributed by atoms with E-state index in [9.17, 15) is 24.6 Å². The van der Waals surface area contributed by atoms with E-state index in [-0.39, 0.29) is 40.9 Å². The minimum Gasteiger partial charge on any atom is -0.507 e. The molecule has 1 heterocycles. The quantitative estimate of drug-likeness (QED) is 0.663. The predicted molar refractivity (Wildman–Crippen MR) is 96.3 cm³/mol. The van der Waals surface area contributed by atoms with E-state index >= 15 is 0 Å². The van der Waals surface area contributed by atoms with Crippen LogP contribution in [0.1, 0.15) is 50.9 Å². The van der Waals surface area contributed by atoms with E-state index in [1.807, 2.05) is 6.92 Å². The SMILES string of the molecule is CCC(C)C(NC(=O)COc1cc(O)c2c(c1)OC(C)(C)CC2=O)C(=O)O. The number of benzene rings is 1. The molecule has 0 aliphatic carbocycles. The second-order valence-electron chi connectivity index (χ2n) is 7.33. The van der Waals surface area contributed by atoms with Gasteiger partial charge in [0.2, 0.25) is 0 Å². The number of Topliss-reactive ketones (excluding diaryl/α,β-unsaturated/α-hetero) is 1. The van der Waals surface area contributed by atoms with Crippen molar-refractivity contribution in [3.63, 3.8) is 0 Å². The zero-order valence-corrected chi connectivity index (χ0v) is 15.9. The topological polar surface area (TPSA) is 122 Å². The minimum atomic E-state index is -1.11. The molecule has 8 nitrogen and oxygen atoms in total. The maximum atomic E-state index is 12.2. The van der Waals surface area contributed by atoms with E-state index in [0.29, 0.717) is 6.42 Å². The Balaban J connectivity index is 2.08. The van der Waals surface area contributed by atoms with Crippen LogP contribution in [0.25, 0.3) is 0 Å². The number of ketones is 1. The average molecular weight is 379 g/mol. The summed E-state index contributed by atoms with van der Waals surface area (Å²) in [6, 6.07) is 1.66. The number of phenols is 1. The number of rotatable bonds is 7. The summed E-state index contributed by atoms with van der Waals surface area (Å²) in [7, 11) is 0. The summed E-state index contributed by atoms with van der Waals surface area (Å²) in [6.07, 6.45) is 0.736. The lowest BCUT2D eigenvalue weighted by molar-refractivity contribution is -0.143. The molecule has 1 aromatic carbocycles. The number of carbonyl (C=O) groups excluding carboxylic acids is 2. The van der Waals surface area contributed by atoms with Crippen molar-refractivity contribution in [1.82, 2.24) is 5.32 Å². The van der Waals surface area contributed by atoms with Crippen molar-refractivity contribution in [2.24, 2.45) is 5.92 Å². The molecule has 27 heavy (non-hydrogen) atoms. The summed E-state index contributed by atoms with van der Waals surface area (Å²) < 4.78 is 11.1. The Hall–Kier alpha value is -2.77. The number of fused-ring (bicyclic) bond motifs is 1. The van der Waals surface area contributed by atoms with Crippen molar-refractivity contribution in [3.05, 3.63) is 17.7 Å². The highest BCUT2D eigenvalue weighted by molar-refractivity contribution is 6.03. The van der Waals surface area contributed by atoms with Crippen LogP contribution in [0.15, 0.2) is 12.1 Å². The molecule has 0 bridgehead atoms. The molecule has 0 saturated carbocycles. The molecule has 1 aliphatic rings. The van der Waals surface area contributed by atoms with Gasteiger partial charge in [0.25, 0.3) is 5.91 Å². The van der Waals surface area contributed by atoms with Gasteiger partial charge in [0.05, 0.1) is 6.42 Å². The summed E-state index contributed by atoms with van der Waals surface area (Å²) in [5, 5.41) is 21.7. The summed E-state index contributed by atoms with van der Waals surface area (Å²) in [4.78, 5) is 35.5. The molecule has 0 spiro atoms. The van der Waals surface area contributed by atoms with Crippen LogP contribution in [0, 0.1) is 5.92 Å². The Morgan fingerprint density at radius 1 is 1.37 bits per heavy atom. The summed E-state index contributed by atoms with van der Waals surface area (Å²) in [5.74, 6) is -2.14. The molecule has 1 amide bonds. The van der Waals surface area contributed by atoms with Gasteiger partial charge in [-0.3, -0.25) is 9.59 Å². The fourth-order valence-electron chi connectivity index (χ4n) is 2.88. The molecule has 1 aromatic rings. The number of carboxylic acid groups (broad SMARTS) is 1. The maximum Gasteiger partial charge on any atom is 0.326 e. The monoisotopic (exact) mass is 379 g/mol. The Labute approximate surface area is 157 Å². The first-order valence-electron chi connectivity index (χ1n) is 8.78. The molecule has 1 aliphatic heterocycles. The third-order valence-corrected chi connectivity index (χ3v) is 4.47. The number of carbonyl (C=O) groups is 3. The van der Waals surface area contributed by atoms with E-state index in [1.54, 1.807) is 20.8 Å². The van der Waals surface area contributed by atoms with Crippen LogP contribution in [0.4, 0.5) is 0 Å². The first-order valence-corrected chi connectivity index (χ1v) is 8.78. The van der Waals surface area contributed by atoms with Crippen molar-refractivity contribution in [2.45, 2.75) is 52.2 Å². The van der Waals surface area contributed by atoms with Gasteiger partial charge < -0.3 is 25.0 Å². The fourth-order valence-corrected chi connectivity index (χ4v) is 2.88. The van der Waals surface area contributed by atoms with Crippen LogP contribution in [-0.2, 0) is 9.59 Å². The first kappa shape index (κ1) is 20.5. The molecule has 2 atom stereocenters. The summed E-state index contributed by atoms with van der Waals surface area (Å²) in [6.45, 7) is 6.65. The van der Waals surface area contributed by atoms with E-state index in [0.717, 1.165) is 0 Å². The molecular formula is C19H25NO7. The zero-order valence-electron chi connectivity index (χ0n) is 15.9. The largest absolute Gasteiger partial charge is 0.507 e. The van der Waals surface area contributed by atoms with Gasteiger partial charge in [-0.15, -0.1) is 0 Å². The molecule has 8 heteroatoms. The van der Waals surface area contributed by atoms with Crippen LogP contribution in [0.2, 0.25) is 0 Å². The van der Waals surface area contributed by atoms with E-state index in [4.69, 9.17) is 9.47 Å². The molecule has 2 unspecified atom stereocenters. The highest BCUT2D eigenvalue weighted by atomic mass is 16.5. The third-order valence-electron chi connectivity index (χ3n) is 4.47. The molecular weight excluding hydrogens is 354 g/mol. The van der Waals surface area contributed by atoms with Crippen LogP contribution < -0.4 is 14.8 Å². The lowest BCUT2D eigenvalue weighted by Crippen LogP contribution is -2.46. The minimum absolute atomic E-state index is 0.0915. The second-order valence-corrected chi connectivity index (χ2v) is 7.33. The molecule has 2 rings (SSSR count). The number of phenolic OH excluding ortho intramolecular Hbond substituents is 1. The smallest absolute Gasteiger partial charge is 0.326 e. The van der Waals surface area contributed by atoms with Gasteiger partial charge in [-0.1, -0.05) is 20.3 Å². The van der Waals surface area contributed by atoms with Crippen molar-refractivity contribution in [3.8, 4) is 17.2 Å². The number of hydrogen-bond donors (Lipinski definition) is 3. The number of aromatic hydroxyl groups is 1. The summed E-state index contributed by atoms with van der Waals surface area (Å²) >= 11 is 0. The van der Waals surface area contributed by atoms with Gasteiger partial charge in [0.1, 0.15) is 34.5 Å². The number of amides is 1. The second kappa shape index (κ2) is 7.85. The number of ether oxygens (including phenoxy) is 2. The lowest BCUT2D eigenvalue weighted by atomic mass is 9.92. The zero-order chi connectivity index (χ0) is 20.4. The van der Waals surface area contributed by atoms with E-state index < -0.39 is 30.1 Å². The standard InChI is InChI=1S/C19H25NO7/c1-5-10(2)17(18(24)25)20-15(23)9-26-11-6-12(21)16-13(22)8-19(3,4)27-14(16)7-11/h6-7,10,17,21H,5,8-9H2,1-4H3,(H,20,23)(H,24,25). The highest BCUT2D eigenvalue weighted by Crippen LogP contribution is 2.40. The summed E-state index contributed by atoms with van der Waals surface area (Å²) in [5.41, 5.74) is -0.619. The van der Waals surface area contributed by atoms with Gasteiger partial charge in [0, 0.05) is 12.1 Å². The predicted octanol–water partition coefficient (Wildman–Crippen LogP) is 2.13. The Kier molecular flexibility index (Phi) is 5.98. The average Bonchev–Trinajstić information content (AvgIpc) is 2.54. The van der Waals surface area contributed by atoms with Gasteiger partial charge in [-0.2, -0.15) is 0 Å². The fraction of sp³-hybridized carbons (Fsp3) is 0.526. The Morgan fingerprint density at radius 3 is 2.63 bits per heavy atom. The van der Waals surface area contributed by atoms with Gasteiger partial charge >= 0.3 is 5.97 Å². The van der Waals surface area contributed by atoms with Gasteiger partial charge in [0.15, 0.2) is 12.4 Å².